The summed E-state index contributed by atoms with van der Waals surface area (Å²) in [7, 11) is -0.902. The van der Waals surface area contributed by atoms with E-state index in [0.29, 0.717) is 17.6 Å². The molecule has 0 bridgehead atoms. The molecule has 1 aliphatic rings. The molecule has 0 aromatic carbocycles. The van der Waals surface area contributed by atoms with Crippen LogP contribution in [0.1, 0.15) is 0 Å². The third-order valence-electron chi connectivity index (χ3n) is 1.61. The Labute approximate surface area is 60.3 Å². The van der Waals surface area contributed by atoms with Crippen molar-refractivity contribution in [2.45, 2.75) is 6.10 Å². The van der Waals surface area contributed by atoms with Crippen molar-refractivity contribution in [2.75, 3.05) is 6.54 Å². The molecule has 54 valence electrons. The van der Waals surface area contributed by atoms with Gasteiger partial charge >= 0.3 is 7.12 Å². The second-order valence-corrected chi connectivity index (χ2v) is 2.26. The lowest BCUT2D eigenvalue weighted by Gasteiger charge is -2.05. The first-order valence-electron chi connectivity index (χ1n) is 3.08. The molecule has 1 rings (SSSR count). The molecule has 3 N–H and O–H groups in total. The van der Waals surface area contributed by atoms with Crippen molar-refractivity contribution in [2.24, 2.45) is 5.73 Å². The van der Waals surface area contributed by atoms with Gasteiger partial charge < -0.3 is 15.4 Å². The molecule has 1 fully saturated rings. The zero-order valence-electron chi connectivity index (χ0n) is 5.71. The average Bonchev–Trinajstić information content (AvgIpc) is 2.17. The van der Waals surface area contributed by atoms with Crippen molar-refractivity contribution in [3.63, 3.8) is 0 Å². The van der Waals surface area contributed by atoms with Gasteiger partial charge in [0.25, 0.3) is 0 Å². The molecule has 0 spiro atoms. The molecule has 1 saturated heterocycles. The summed E-state index contributed by atoms with van der Waals surface area (Å²) in [6.07, 6.45) is -0.248. The van der Waals surface area contributed by atoms with Crippen molar-refractivity contribution >= 4 is 7.12 Å². The largest absolute Gasteiger partial charge is 0.491 e. The quantitative estimate of drug-likeness (QED) is 0.480. The predicted octanol–water partition coefficient (Wildman–Crippen LogP) is -0.524. The molecule has 1 unspecified atom stereocenters. The smallest absolute Gasteiger partial charge is 0.423 e. The van der Waals surface area contributed by atoms with E-state index in [9.17, 15) is 0 Å². The van der Waals surface area contributed by atoms with Crippen LogP contribution in [0.15, 0.2) is 24.2 Å². The highest BCUT2D eigenvalue weighted by Gasteiger charge is 2.34. The van der Waals surface area contributed by atoms with Crippen molar-refractivity contribution in [1.82, 2.24) is 0 Å². The predicted molar refractivity (Wildman–Crippen MR) is 40.2 cm³/mol. The van der Waals surface area contributed by atoms with Crippen LogP contribution in [0.5, 0.6) is 0 Å². The molecular weight excluding hydrogens is 129 g/mol. The van der Waals surface area contributed by atoms with E-state index >= 15 is 0 Å². The Bertz CT molecular complexity index is 181. The normalized spacial score (nSPS) is 26.2. The highest BCUT2D eigenvalue weighted by atomic mass is 16.5. The molecule has 0 aromatic heterocycles. The van der Waals surface area contributed by atoms with Crippen LogP contribution in [0.4, 0.5) is 0 Å². The lowest BCUT2D eigenvalue weighted by molar-refractivity contribution is 0.231. The summed E-state index contributed by atoms with van der Waals surface area (Å²) in [5.74, 6) is 0. The van der Waals surface area contributed by atoms with Crippen molar-refractivity contribution in [1.29, 1.82) is 0 Å². The number of hydrogen-bond acceptors (Lipinski definition) is 3. The second kappa shape index (κ2) is 2.58. The Balaban J connectivity index is 2.71. The topological polar surface area (TPSA) is 55.5 Å². The van der Waals surface area contributed by atoms with Crippen LogP contribution in [0.3, 0.4) is 0 Å². The summed E-state index contributed by atoms with van der Waals surface area (Å²) in [6.45, 7) is 7.60. The Morgan fingerprint density at radius 2 is 2.30 bits per heavy atom. The van der Waals surface area contributed by atoms with E-state index in [2.05, 4.69) is 13.2 Å². The van der Waals surface area contributed by atoms with E-state index < -0.39 is 7.12 Å². The molecule has 0 aromatic rings. The van der Waals surface area contributed by atoms with Crippen LogP contribution < -0.4 is 5.73 Å². The van der Waals surface area contributed by atoms with Crippen LogP contribution in [-0.2, 0) is 4.65 Å². The van der Waals surface area contributed by atoms with Gasteiger partial charge in [0, 0.05) is 6.54 Å². The summed E-state index contributed by atoms with van der Waals surface area (Å²) < 4.78 is 4.97. The SMILES string of the molecule is C=C1B(O)OC(CN)C1=C. The standard InChI is InChI=1S/C6H10BNO2/c1-4-5(2)7(9)10-6(4)3-8/h6,9H,1-3,8H2. The summed E-state index contributed by atoms with van der Waals surface area (Å²) in [5.41, 5.74) is 6.55. The summed E-state index contributed by atoms with van der Waals surface area (Å²) in [6, 6.07) is 0. The maximum Gasteiger partial charge on any atom is 0.491 e. The first kappa shape index (κ1) is 7.53. The van der Waals surface area contributed by atoms with Gasteiger partial charge in [0.2, 0.25) is 0 Å². The third kappa shape index (κ3) is 1.01. The van der Waals surface area contributed by atoms with E-state index in [-0.39, 0.29) is 6.10 Å². The lowest BCUT2D eigenvalue weighted by Crippen LogP contribution is -2.22. The maximum absolute atomic E-state index is 9.03. The van der Waals surface area contributed by atoms with Gasteiger partial charge in [-0.05, 0) is 11.0 Å². The van der Waals surface area contributed by atoms with E-state index in [1.165, 1.54) is 0 Å². The maximum atomic E-state index is 9.03. The van der Waals surface area contributed by atoms with E-state index in [1.807, 2.05) is 0 Å². The minimum Gasteiger partial charge on any atom is -0.423 e. The van der Waals surface area contributed by atoms with Gasteiger partial charge in [0.05, 0.1) is 6.10 Å². The van der Waals surface area contributed by atoms with E-state index in [4.69, 9.17) is 15.4 Å². The summed E-state index contributed by atoms with van der Waals surface area (Å²) in [4.78, 5) is 0. The Morgan fingerprint density at radius 1 is 1.70 bits per heavy atom. The molecule has 0 radical (unpaired) electrons. The number of rotatable bonds is 1. The van der Waals surface area contributed by atoms with Gasteiger partial charge in [-0.2, -0.15) is 0 Å². The fourth-order valence-corrected chi connectivity index (χ4v) is 0.883. The van der Waals surface area contributed by atoms with Gasteiger partial charge in [0.15, 0.2) is 0 Å². The monoisotopic (exact) mass is 139 g/mol. The molecule has 0 aliphatic carbocycles. The van der Waals surface area contributed by atoms with Gasteiger partial charge in [-0.15, -0.1) is 0 Å². The fourth-order valence-electron chi connectivity index (χ4n) is 0.883. The Kier molecular flexibility index (Phi) is 1.94. The zero-order chi connectivity index (χ0) is 7.72. The van der Waals surface area contributed by atoms with Gasteiger partial charge in [-0.3, -0.25) is 0 Å². The highest BCUT2D eigenvalue weighted by molar-refractivity contribution is 6.55. The van der Waals surface area contributed by atoms with E-state index in [0.717, 1.165) is 0 Å². The van der Waals surface area contributed by atoms with Crippen LogP contribution in [-0.4, -0.2) is 24.8 Å². The minimum absolute atomic E-state index is 0.248. The van der Waals surface area contributed by atoms with Crippen molar-refractivity contribution in [3.8, 4) is 0 Å². The molecule has 3 nitrogen and oxygen atoms in total. The van der Waals surface area contributed by atoms with Crippen molar-refractivity contribution in [3.05, 3.63) is 24.2 Å². The van der Waals surface area contributed by atoms with Crippen LogP contribution >= 0.6 is 0 Å². The Morgan fingerprint density at radius 3 is 2.50 bits per heavy atom. The molecule has 1 aliphatic heterocycles. The van der Waals surface area contributed by atoms with Crippen LogP contribution in [0.25, 0.3) is 0 Å². The third-order valence-corrected chi connectivity index (χ3v) is 1.61. The first-order chi connectivity index (χ1) is 4.66. The second-order valence-electron chi connectivity index (χ2n) is 2.26. The minimum atomic E-state index is -0.902. The molecule has 0 saturated carbocycles. The fraction of sp³-hybridized carbons (Fsp3) is 0.333. The number of hydrogen-bond donors (Lipinski definition) is 2. The molecule has 0 amide bonds. The molecular formula is C6H10BNO2. The molecule has 1 heterocycles. The molecule has 10 heavy (non-hydrogen) atoms. The Hall–Kier alpha value is -0.575. The average molecular weight is 139 g/mol. The summed E-state index contributed by atoms with van der Waals surface area (Å²) in [5, 5.41) is 9.03. The van der Waals surface area contributed by atoms with Crippen molar-refractivity contribution < 1.29 is 9.68 Å². The zero-order valence-corrected chi connectivity index (χ0v) is 5.71. The highest BCUT2D eigenvalue weighted by Crippen LogP contribution is 2.23. The molecule has 1 atom stereocenters. The van der Waals surface area contributed by atoms with E-state index in [1.54, 1.807) is 0 Å². The van der Waals surface area contributed by atoms with Crippen LogP contribution in [0.2, 0.25) is 0 Å². The van der Waals surface area contributed by atoms with Gasteiger partial charge in [-0.25, -0.2) is 0 Å². The summed E-state index contributed by atoms with van der Waals surface area (Å²) >= 11 is 0. The molecule has 4 heteroatoms. The van der Waals surface area contributed by atoms with Gasteiger partial charge in [0.1, 0.15) is 0 Å². The first-order valence-corrected chi connectivity index (χ1v) is 3.08. The van der Waals surface area contributed by atoms with Gasteiger partial charge in [-0.1, -0.05) is 13.2 Å². The van der Waals surface area contributed by atoms with Crippen LogP contribution in [0, 0.1) is 0 Å². The number of nitrogens with two attached hydrogens (primary N) is 1. The lowest BCUT2D eigenvalue weighted by atomic mass is 9.79.